The number of benzene rings is 1. The number of carbonyl (C=O) groups is 1. The molecule has 180 valence electrons. The van der Waals surface area contributed by atoms with E-state index in [9.17, 15) is 13.2 Å². The van der Waals surface area contributed by atoms with E-state index in [0.29, 0.717) is 21.6 Å². The lowest BCUT2D eigenvalue weighted by molar-refractivity contribution is -0.139. The lowest BCUT2D eigenvalue weighted by atomic mass is 10.1. The maximum atomic E-state index is 12.9. The summed E-state index contributed by atoms with van der Waals surface area (Å²) in [5.74, 6) is -0.442. The van der Waals surface area contributed by atoms with E-state index in [4.69, 9.17) is 20.9 Å². The van der Waals surface area contributed by atoms with Gasteiger partial charge in [-0.05, 0) is 60.0 Å². The van der Waals surface area contributed by atoms with Crippen LogP contribution in [0.25, 0.3) is 0 Å². The summed E-state index contributed by atoms with van der Waals surface area (Å²) in [5, 5.41) is 0.706. The first-order valence-corrected chi connectivity index (χ1v) is 13.3. The van der Waals surface area contributed by atoms with E-state index in [-0.39, 0.29) is 36.9 Å². The molecule has 0 spiro atoms. The fourth-order valence-electron chi connectivity index (χ4n) is 3.82. The summed E-state index contributed by atoms with van der Waals surface area (Å²) >= 11 is 9.26. The fourth-order valence-corrected chi connectivity index (χ4v) is 4.80. The molecule has 0 aliphatic carbocycles. The topological polar surface area (TPSA) is 100 Å². The van der Waals surface area contributed by atoms with E-state index in [1.54, 1.807) is 11.0 Å². The van der Waals surface area contributed by atoms with Crippen LogP contribution < -0.4 is 4.74 Å². The lowest BCUT2D eigenvalue weighted by Gasteiger charge is -2.44. The minimum atomic E-state index is -4.13. The number of ether oxygens (including phenoxy) is 1. The van der Waals surface area contributed by atoms with Crippen LogP contribution in [0.1, 0.15) is 25.0 Å². The minimum absolute atomic E-state index is 0.00137. The molecule has 1 saturated heterocycles. The van der Waals surface area contributed by atoms with E-state index in [1.165, 1.54) is 11.8 Å². The van der Waals surface area contributed by atoms with Gasteiger partial charge in [-0.15, -0.1) is 0 Å². The zero-order valence-electron chi connectivity index (χ0n) is 18.4. The predicted molar refractivity (Wildman–Crippen MR) is 130 cm³/mol. The molecule has 1 aromatic heterocycles. The molecular formula is C22H27BrClN3O5S. The molecule has 0 unspecified atom stereocenters. The van der Waals surface area contributed by atoms with Gasteiger partial charge in [-0.2, -0.15) is 8.42 Å². The molecule has 2 aromatic rings. The normalized spacial score (nSPS) is 19.5. The van der Waals surface area contributed by atoms with Gasteiger partial charge in [-0.3, -0.25) is 14.2 Å². The van der Waals surface area contributed by atoms with Crippen LogP contribution in [0.5, 0.6) is 5.88 Å². The van der Waals surface area contributed by atoms with Crippen molar-refractivity contribution in [2.24, 2.45) is 0 Å². The van der Waals surface area contributed by atoms with Gasteiger partial charge in [0.25, 0.3) is 16.0 Å². The number of carbonyl (C=O) groups excluding carboxylic acids is 1. The monoisotopic (exact) mass is 559 g/mol. The molecule has 2 atom stereocenters. The van der Waals surface area contributed by atoms with Gasteiger partial charge in [-0.1, -0.05) is 23.7 Å². The summed E-state index contributed by atoms with van der Waals surface area (Å²) in [6.45, 7) is 5.97. The smallest absolute Gasteiger partial charge is 0.265 e. The number of amides is 1. The van der Waals surface area contributed by atoms with E-state index in [2.05, 4.69) is 32.7 Å². The van der Waals surface area contributed by atoms with Crippen LogP contribution in [0.2, 0.25) is 5.02 Å². The molecule has 1 fully saturated rings. The van der Waals surface area contributed by atoms with Crippen LogP contribution in [0.15, 0.2) is 41.0 Å². The average molecular weight is 561 g/mol. The van der Waals surface area contributed by atoms with Gasteiger partial charge in [0.2, 0.25) is 5.88 Å². The maximum absolute atomic E-state index is 12.9. The SMILES string of the molecule is C[C@@H]1CN(Cc2ccc(Cl)cc2)[C@@H](C)CN1C(=O)COc1ncc(Br)cc1CCS(=O)(=O)O. The molecule has 1 aliphatic rings. The van der Waals surface area contributed by atoms with Crippen LogP contribution in [0, 0.1) is 0 Å². The molecule has 3 rings (SSSR count). The second-order valence-electron chi connectivity index (χ2n) is 8.24. The molecule has 8 nitrogen and oxygen atoms in total. The third-order valence-electron chi connectivity index (χ3n) is 5.59. The van der Waals surface area contributed by atoms with Crippen molar-refractivity contribution in [1.29, 1.82) is 0 Å². The van der Waals surface area contributed by atoms with Gasteiger partial charge < -0.3 is 9.64 Å². The number of hydrogen-bond acceptors (Lipinski definition) is 6. The largest absolute Gasteiger partial charge is 0.467 e. The van der Waals surface area contributed by atoms with Gasteiger partial charge in [-0.25, -0.2) is 4.98 Å². The predicted octanol–water partition coefficient (Wildman–Crippen LogP) is 3.43. The second kappa shape index (κ2) is 11.1. The fraction of sp³-hybridized carbons (Fsp3) is 0.455. The summed E-state index contributed by atoms with van der Waals surface area (Å²) < 4.78 is 37.6. The Morgan fingerprint density at radius 1 is 1.24 bits per heavy atom. The first-order chi connectivity index (χ1) is 15.5. The molecule has 1 aliphatic heterocycles. The van der Waals surface area contributed by atoms with Crippen molar-refractivity contribution in [3.8, 4) is 5.88 Å². The summed E-state index contributed by atoms with van der Waals surface area (Å²) in [4.78, 5) is 21.2. The highest BCUT2D eigenvalue weighted by Gasteiger charge is 2.32. The molecule has 0 bridgehead atoms. The van der Waals surface area contributed by atoms with Gasteiger partial charge in [0.15, 0.2) is 6.61 Å². The summed E-state index contributed by atoms with van der Waals surface area (Å²) in [6, 6.07) is 9.60. The molecule has 1 aromatic carbocycles. The standard InChI is InChI=1S/C22H27BrClN3O5S/c1-15-12-27(16(2)11-26(15)13-17-3-5-20(24)6-4-17)21(28)14-32-22-18(7-8-33(29,30)31)9-19(23)10-25-22/h3-6,9-10,15-16H,7-8,11-14H2,1-2H3,(H,29,30,31)/t15-,16+/m0/s1. The first kappa shape index (κ1) is 25.9. The number of hydrogen-bond donors (Lipinski definition) is 1. The van der Waals surface area contributed by atoms with Crippen molar-refractivity contribution >= 4 is 43.6 Å². The van der Waals surface area contributed by atoms with Crippen molar-refractivity contribution in [3.63, 3.8) is 0 Å². The van der Waals surface area contributed by atoms with E-state index in [1.807, 2.05) is 31.2 Å². The first-order valence-electron chi connectivity index (χ1n) is 10.5. The Hall–Kier alpha value is -1.72. The Morgan fingerprint density at radius 3 is 2.61 bits per heavy atom. The number of aryl methyl sites for hydroxylation is 1. The molecule has 1 N–H and O–H groups in total. The van der Waals surface area contributed by atoms with Crippen LogP contribution in [0.4, 0.5) is 0 Å². The number of halogens is 2. The highest BCUT2D eigenvalue weighted by atomic mass is 79.9. The van der Waals surface area contributed by atoms with Crippen molar-refractivity contribution in [3.05, 3.63) is 57.2 Å². The molecule has 1 amide bonds. The van der Waals surface area contributed by atoms with Crippen LogP contribution >= 0.6 is 27.5 Å². The quantitative estimate of drug-likeness (QED) is 0.494. The third kappa shape index (κ3) is 7.65. The van der Waals surface area contributed by atoms with Crippen LogP contribution in [-0.4, -0.2) is 71.2 Å². The zero-order valence-corrected chi connectivity index (χ0v) is 21.6. The van der Waals surface area contributed by atoms with E-state index in [0.717, 1.165) is 13.1 Å². The summed E-state index contributed by atoms with van der Waals surface area (Å²) in [7, 11) is -4.13. The molecule has 0 saturated carbocycles. The van der Waals surface area contributed by atoms with Gasteiger partial charge >= 0.3 is 0 Å². The Balaban J connectivity index is 1.59. The van der Waals surface area contributed by atoms with Crippen molar-refractivity contribution in [1.82, 2.24) is 14.8 Å². The van der Waals surface area contributed by atoms with E-state index < -0.39 is 15.9 Å². The zero-order chi connectivity index (χ0) is 24.2. The Bertz CT molecular complexity index is 1080. The average Bonchev–Trinajstić information content (AvgIpc) is 2.74. The Labute approximate surface area is 207 Å². The third-order valence-corrected chi connectivity index (χ3v) is 6.99. The number of pyridine rings is 1. The molecule has 2 heterocycles. The molecule has 0 radical (unpaired) electrons. The number of piperazine rings is 1. The Kier molecular flexibility index (Phi) is 8.74. The highest BCUT2D eigenvalue weighted by molar-refractivity contribution is 9.10. The maximum Gasteiger partial charge on any atom is 0.265 e. The van der Waals surface area contributed by atoms with Crippen LogP contribution in [-0.2, 0) is 27.9 Å². The lowest BCUT2D eigenvalue weighted by Crippen LogP contribution is -2.58. The van der Waals surface area contributed by atoms with Crippen molar-refractivity contribution in [2.45, 2.75) is 38.9 Å². The van der Waals surface area contributed by atoms with Crippen molar-refractivity contribution < 1.29 is 22.5 Å². The number of nitrogens with zero attached hydrogens (tertiary/aromatic N) is 3. The van der Waals surface area contributed by atoms with Gasteiger partial charge in [0.1, 0.15) is 0 Å². The van der Waals surface area contributed by atoms with E-state index >= 15 is 0 Å². The summed E-state index contributed by atoms with van der Waals surface area (Å²) in [6.07, 6.45) is 1.53. The molecule has 33 heavy (non-hydrogen) atoms. The van der Waals surface area contributed by atoms with Gasteiger partial charge in [0.05, 0.1) is 5.75 Å². The number of rotatable bonds is 8. The molecular weight excluding hydrogens is 534 g/mol. The summed E-state index contributed by atoms with van der Waals surface area (Å²) in [5.41, 5.74) is 1.66. The highest BCUT2D eigenvalue weighted by Crippen LogP contribution is 2.23. The Morgan fingerprint density at radius 2 is 1.94 bits per heavy atom. The number of aromatic nitrogens is 1. The van der Waals surface area contributed by atoms with Crippen LogP contribution in [0.3, 0.4) is 0 Å². The van der Waals surface area contributed by atoms with Gasteiger partial charge in [0, 0.05) is 53.0 Å². The van der Waals surface area contributed by atoms with Crippen molar-refractivity contribution in [2.75, 3.05) is 25.4 Å². The minimum Gasteiger partial charge on any atom is -0.467 e. The second-order valence-corrected chi connectivity index (χ2v) is 11.2. The molecule has 11 heteroatoms.